The van der Waals surface area contributed by atoms with Gasteiger partial charge in [0.1, 0.15) is 17.2 Å². The van der Waals surface area contributed by atoms with E-state index in [1.54, 1.807) is 18.2 Å². The Morgan fingerprint density at radius 2 is 1.58 bits per heavy atom. The summed E-state index contributed by atoms with van der Waals surface area (Å²) < 4.78 is 17.6. The zero-order valence-corrected chi connectivity index (χ0v) is 19.7. The van der Waals surface area contributed by atoms with Gasteiger partial charge in [0.25, 0.3) is 0 Å². The van der Waals surface area contributed by atoms with Crippen LogP contribution >= 0.6 is 0 Å². The fourth-order valence-corrected chi connectivity index (χ4v) is 3.20. The lowest BCUT2D eigenvalue weighted by Crippen LogP contribution is -2.10. The van der Waals surface area contributed by atoms with Crippen LogP contribution in [0.15, 0.2) is 42.5 Å². The number of hydrogen-bond donors (Lipinski definition) is 0. The van der Waals surface area contributed by atoms with Crippen molar-refractivity contribution in [3.8, 4) is 17.2 Å². The Kier molecular flexibility index (Phi) is 9.64. The number of carbonyl (C=O) groups is 1. The van der Waals surface area contributed by atoms with Crippen LogP contribution in [0.2, 0.25) is 0 Å². The van der Waals surface area contributed by atoms with Crippen molar-refractivity contribution in [3.05, 3.63) is 59.2 Å². The van der Waals surface area contributed by atoms with Crippen molar-refractivity contribution in [3.63, 3.8) is 0 Å². The number of rotatable bonds is 12. The van der Waals surface area contributed by atoms with Crippen LogP contribution in [-0.2, 0) is 6.42 Å². The van der Waals surface area contributed by atoms with Gasteiger partial charge in [0.2, 0.25) is 0 Å². The summed E-state index contributed by atoms with van der Waals surface area (Å²) in [5.74, 6) is 2.29. The van der Waals surface area contributed by atoms with Crippen molar-refractivity contribution in [1.82, 2.24) is 0 Å². The second-order valence-corrected chi connectivity index (χ2v) is 8.14. The summed E-state index contributed by atoms with van der Waals surface area (Å²) in [5.41, 5.74) is 2.68. The van der Waals surface area contributed by atoms with Gasteiger partial charge < -0.3 is 14.2 Å². The molecule has 4 nitrogen and oxygen atoms in total. The Labute approximate surface area is 187 Å². The first-order valence-electron chi connectivity index (χ1n) is 11.3. The Morgan fingerprint density at radius 1 is 0.903 bits per heavy atom. The van der Waals surface area contributed by atoms with Gasteiger partial charge in [0.15, 0.2) is 5.78 Å². The van der Waals surface area contributed by atoms with Gasteiger partial charge in [0.05, 0.1) is 18.8 Å². The average Bonchev–Trinajstić information content (AvgIpc) is 2.72. The molecule has 0 amide bonds. The highest BCUT2D eigenvalue weighted by atomic mass is 16.5. The molecule has 0 radical (unpaired) electrons. The maximum Gasteiger partial charge on any atom is 0.185 e. The van der Waals surface area contributed by atoms with E-state index < -0.39 is 0 Å². The molecular weight excluding hydrogens is 388 g/mol. The molecule has 0 aliphatic rings. The third-order valence-electron chi connectivity index (χ3n) is 4.48. The summed E-state index contributed by atoms with van der Waals surface area (Å²) in [6, 6.07) is 11.2. The molecule has 168 valence electrons. The fraction of sp³-hybridized carbons (Fsp3) is 0.444. The minimum absolute atomic E-state index is 0.0500. The highest BCUT2D eigenvalue weighted by molar-refractivity contribution is 6.07. The van der Waals surface area contributed by atoms with Gasteiger partial charge in [-0.2, -0.15) is 0 Å². The molecule has 0 bridgehead atoms. The van der Waals surface area contributed by atoms with Gasteiger partial charge in [-0.15, -0.1) is 0 Å². The predicted octanol–water partition coefficient (Wildman–Crippen LogP) is 6.90. The summed E-state index contributed by atoms with van der Waals surface area (Å²) in [4.78, 5) is 12.7. The zero-order valence-electron chi connectivity index (χ0n) is 19.7. The van der Waals surface area contributed by atoms with Gasteiger partial charge in [-0.3, -0.25) is 4.79 Å². The molecule has 0 aliphatic heterocycles. The lowest BCUT2D eigenvalue weighted by Gasteiger charge is -2.19. The first-order chi connectivity index (χ1) is 14.8. The summed E-state index contributed by atoms with van der Waals surface area (Å²) in [7, 11) is 0. The highest BCUT2D eigenvalue weighted by Crippen LogP contribution is 2.32. The molecular formula is C27H36O4. The van der Waals surface area contributed by atoms with Crippen molar-refractivity contribution in [1.29, 1.82) is 0 Å². The SMILES string of the molecule is CCCOc1ccc(C(=O)/C=C/c2cc(OC(C)C)cc(OC(C)C)c2CCC)cc1. The molecule has 31 heavy (non-hydrogen) atoms. The van der Waals surface area contributed by atoms with Crippen molar-refractivity contribution in [2.45, 2.75) is 73.0 Å². The lowest BCUT2D eigenvalue weighted by atomic mass is 9.99. The first-order valence-corrected chi connectivity index (χ1v) is 11.3. The third kappa shape index (κ3) is 7.78. The maximum atomic E-state index is 12.7. The molecule has 2 aromatic rings. The number of ether oxygens (including phenoxy) is 3. The molecule has 0 aromatic heterocycles. The molecule has 0 unspecified atom stereocenters. The number of hydrogen-bond acceptors (Lipinski definition) is 4. The molecule has 0 saturated heterocycles. The first kappa shape index (κ1) is 24.5. The third-order valence-corrected chi connectivity index (χ3v) is 4.48. The zero-order chi connectivity index (χ0) is 22.8. The minimum Gasteiger partial charge on any atom is -0.494 e. The van der Waals surface area contributed by atoms with E-state index in [-0.39, 0.29) is 18.0 Å². The normalized spacial score (nSPS) is 11.4. The van der Waals surface area contributed by atoms with E-state index in [2.05, 4.69) is 13.8 Å². The van der Waals surface area contributed by atoms with Gasteiger partial charge >= 0.3 is 0 Å². The molecule has 0 heterocycles. The molecule has 4 heteroatoms. The van der Waals surface area contributed by atoms with Gasteiger partial charge in [0, 0.05) is 17.2 Å². The Bertz CT molecular complexity index is 864. The second-order valence-electron chi connectivity index (χ2n) is 8.14. The predicted molar refractivity (Wildman–Crippen MR) is 128 cm³/mol. The smallest absolute Gasteiger partial charge is 0.185 e. The molecule has 0 N–H and O–H groups in total. The van der Waals surface area contributed by atoms with Crippen molar-refractivity contribution >= 4 is 11.9 Å². The second kappa shape index (κ2) is 12.2. The molecule has 0 saturated carbocycles. The number of carbonyl (C=O) groups excluding carboxylic acids is 1. The average molecular weight is 425 g/mol. The fourth-order valence-electron chi connectivity index (χ4n) is 3.20. The van der Waals surface area contributed by atoms with Gasteiger partial charge in [-0.05, 0) is 82.5 Å². The van der Waals surface area contributed by atoms with E-state index in [4.69, 9.17) is 14.2 Å². The van der Waals surface area contributed by atoms with Crippen LogP contribution in [0.3, 0.4) is 0 Å². The van der Waals surface area contributed by atoms with Crippen molar-refractivity contribution in [2.24, 2.45) is 0 Å². The summed E-state index contributed by atoms with van der Waals surface area (Å²) in [6.45, 7) is 12.9. The Morgan fingerprint density at radius 3 is 2.16 bits per heavy atom. The van der Waals surface area contributed by atoms with Crippen LogP contribution < -0.4 is 14.2 Å². The van der Waals surface area contributed by atoms with E-state index in [0.717, 1.165) is 47.6 Å². The van der Waals surface area contributed by atoms with Crippen molar-refractivity contribution < 1.29 is 19.0 Å². The summed E-state index contributed by atoms with van der Waals surface area (Å²) in [6.07, 6.45) is 6.39. The molecule has 2 aromatic carbocycles. The number of ketones is 1. The van der Waals surface area contributed by atoms with Crippen LogP contribution in [0.1, 0.15) is 75.9 Å². The van der Waals surface area contributed by atoms with Crippen LogP contribution in [0.25, 0.3) is 6.08 Å². The molecule has 0 atom stereocenters. The largest absolute Gasteiger partial charge is 0.494 e. The highest BCUT2D eigenvalue weighted by Gasteiger charge is 2.14. The van der Waals surface area contributed by atoms with E-state index in [1.807, 2.05) is 58.0 Å². The van der Waals surface area contributed by atoms with Crippen LogP contribution in [-0.4, -0.2) is 24.6 Å². The summed E-state index contributed by atoms with van der Waals surface area (Å²) in [5, 5.41) is 0. The molecule has 0 fully saturated rings. The minimum atomic E-state index is -0.0500. The van der Waals surface area contributed by atoms with Gasteiger partial charge in [-0.1, -0.05) is 26.3 Å². The standard InChI is InChI=1S/C27H36O4/c1-7-9-25-22(17-24(30-19(3)4)18-27(25)31-20(5)6)12-15-26(28)21-10-13-23(14-11-21)29-16-8-2/h10-15,17-20H,7-9,16H2,1-6H3/b15-12+. The summed E-state index contributed by atoms with van der Waals surface area (Å²) >= 11 is 0. The molecule has 0 aliphatic carbocycles. The molecule has 2 rings (SSSR count). The molecule has 0 spiro atoms. The van der Waals surface area contributed by atoms with Gasteiger partial charge in [-0.25, -0.2) is 0 Å². The Hall–Kier alpha value is -2.75. The van der Waals surface area contributed by atoms with Crippen LogP contribution in [0, 0.1) is 0 Å². The monoisotopic (exact) mass is 424 g/mol. The van der Waals surface area contributed by atoms with Crippen molar-refractivity contribution in [2.75, 3.05) is 6.61 Å². The van der Waals surface area contributed by atoms with E-state index in [0.29, 0.717) is 12.2 Å². The number of allylic oxidation sites excluding steroid dienone is 1. The van der Waals surface area contributed by atoms with E-state index >= 15 is 0 Å². The van der Waals surface area contributed by atoms with Crippen LogP contribution in [0.5, 0.6) is 17.2 Å². The lowest BCUT2D eigenvalue weighted by molar-refractivity contribution is 0.104. The van der Waals surface area contributed by atoms with E-state index in [9.17, 15) is 4.79 Å². The quantitative estimate of drug-likeness (QED) is 0.275. The topological polar surface area (TPSA) is 44.8 Å². The maximum absolute atomic E-state index is 12.7. The van der Waals surface area contributed by atoms with Crippen LogP contribution in [0.4, 0.5) is 0 Å². The number of benzene rings is 2. The Balaban J connectivity index is 2.33. The van der Waals surface area contributed by atoms with E-state index in [1.165, 1.54) is 0 Å².